The Morgan fingerprint density at radius 2 is 1.94 bits per heavy atom. The van der Waals surface area contributed by atoms with Gasteiger partial charge in [0.05, 0.1) is 5.69 Å². The van der Waals surface area contributed by atoms with Crippen LogP contribution >= 0.6 is 11.6 Å². The molecule has 1 N–H and O–H groups in total. The van der Waals surface area contributed by atoms with Gasteiger partial charge >= 0.3 is 0 Å². The van der Waals surface area contributed by atoms with Crippen molar-refractivity contribution >= 4 is 17.5 Å². The van der Waals surface area contributed by atoms with Gasteiger partial charge in [-0.25, -0.2) is 0 Å². The SMILES string of the molecule is Clc1nc(-c2ccc[nH]2)nc(N2CCCCC2)n1. The lowest BCUT2D eigenvalue weighted by Gasteiger charge is -2.26. The van der Waals surface area contributed by atoms with Gasteiger partial charge in [-0.3, -0.25) is 0 Å². The highest BCUT2D eigenvalue weighted by atomic mass is 35.5. The molecule has 1 aliphatic heterocycles. The van der Waals surface area contributed by atoms with Gasteiger partial charge < -0.3 is 9.88 Å². The van der Waals surface area contributed by atoms with Gasteiger partial charge in [-0.1, -0.05) is 0 Å². The Morgan fingerprint density at radius 1 is 1.11 bits per heavy atom. The number of halogens is 1. The maximum Gasteiger partial charge on any atom is 0.230 e. The molecule has 0 bridgehead atoms. The molecule has 0 saturated carbocycles. The van der Waals surface area contributed by atoms with Crippen molar-refractivity contribution in [3.63, 3.8) is 0 Å². The Kier molecular flexibility index (Phi) is 3.15. The number of rotatable bonds is 2. The van der Waals surface area contributed by atoms with E-state index in [1.807, 2.05) is 18.3 Å². The van der Waals surface area contributed by atoms with E-state index in [9.17, 15) is 0 Å². The summed E-state index contributed by atoms with van der Waals surface area (Å²) in [6.45, 7) is 1.98. The quantitative estimate of drug-likeness (QED) is 0.905. The van der Waals surface area contributed by atoms with E-state index >= 15 is 0 Å². The van der Waals surface area contributed by atoms with Crippen LogP contribution in [0.5, 0.6) is 0 Å². The molecule has 0 aromatic carbocycles. The van der Waals surface area contributed by atoms with Gasteiger partial charge in [0.25, 0.3) is 0 Å². The number of piperidine rings is 1. The van der Waals surface area contributed by atoms with Crippen molar-refractivity contribution in [3.05, 3.63) is 23.6 Å². The van der Waals surface area contributed by atoms with Crippen LogP contribution in [-0.4, -0.2) is 33.0 Å². The van der Waals surface area contributed by atoms with Crippen LogP contribution in [0.15, 0.2) is 18.3 Å². The van der Waals surface area contributed by atoms with Crippen LogP contribution in [0.4, 0.5) is 5.95 Å². The molecule has 0 unspecified atom stereocenters. The lowest BCUT2D eigenvalue weighted by atomic mass is 10.1. The number of hydrogen-bond acceptors (Lipinski definition) is 4. The van der Waals surface area contributed by atoms with Gasteiger partial charge in [0.15, 0.2) is 5.82 Å². The van der Waals surface area contributed by atoms with E-state index in [1.165, 1.54) is 19.3 Å². The lowest BCUT2D eigenvalue weighted by molar-refractivity contribution is 0.567. The summed E-state index contributed by atoms with van der Waals surface area (Å²) in [7, 11) is 0. The first-order valence-corrected chi connectivity index (χ1v) is 6.51. The molecule has 18 heavy (non-hydrogen) atoms. The zero-order chi connectivity index (χ0) is 12.4. The molecule has 0 spiro atoms. The van der Waals surface area contributed by atoms with Crippen LogP contribution in [0.3, 0.4) is 0 Å². The van der Waals surface area contributed by atoms with Gasteiger partial charge in [-0.2, -0.15) is 15.0 Å². The minimum atomic E-state index is 0.246. The molecule has 94 valence electrons. The number of nitrogens with one attached hydrogen (secondary N) is 1. The molecule has 0 aliphatic carbocycles. The molecule has 1 aliphatic rings. The van der Waals surface area contributed by atoms with E-state index in [2.05, 4.69) is 24.8 Å². The van der Waals surface area contributed by atoms with Crippen LogP contribution in [0, 0.1) is 0 Å². The number of anilines is 1. The van der Waals surface area contributed by atoms with E-state index in [4.69, 9.17) is 11.6 Å². The van der Waals surface area contributed by atoms with Crippen LogP contribution in [0.2, 0.25) is 5.28 Å². The highest BCUT2D eigenvalue weighted by Crippen LogP contribution is 2.20. The van der Waals surface area contributed by atoms with Gasteiger partial charge in [0.2, 0.25) is 11.2 Å². The van der Waals surface area contributed by atoms with Gasteiger partial charge in [0, 0.05) is 19.3 Å². The fourth-order valence-corrected chi connectivity index (χ4v) is 2.32. The third kappa shape index (κ3) is 2.31. The molecule has 3 rings (SSSR count). The average Bonchev–Trinajstić information content (AvgIpc) is 2.93. The van der Waals surface area contributed by atoms with Crippen molar-refractivity contribution < 1.29 is 0 Å². The van der Waals surface area contributed by atoms with Crippen molar-refractivity contribution in [2.75, 3.05) is 18.0 Å². The van der Waals surface area contributed by atoms with Crippen molar-refractivity contribution in [1.29, 1.82) is 0 Å². The largest absolute Gasteiger partial charge is 0.359 e. The molecule has 3 heterocycles. The molecule has 0 radical (unpaired) electrons. The molecule has 2 aromatic heterocycles. The molecule has 0 atom stereocenters. The standard InChI is InChI=1S/C12H14ClN5/c13-11-15-10(9-5-4-6-14-9)16-12(17-11)18-7-2-1-3-8-18/h4-6,14H,1-3,7-8H2. The van der Waals surface area contributed by atoms with Gasteiger partial charge in [0.1, 0.15) is 0 Å². The summed E-state index contributed by atoms with van der Waals surface area (Å²) >= 11 is 5.98. The van der Waals surface area contributed by atoms with Crippen LogP contribution in [0.1, 0.15) is 19.3 Å². The predicted octanol–water partition coefficient (Wildman–Crippen LogP) is 2.51. The Hall–Kier alpha value is -1.62. The molecule has 0 amide bonds. The average molecular weight is 264 g/mol. The van der Waals surface area contributed by atoms with Crippen LogP contribution in [0.25, 0.3) is 11.5 Å². The third-order valence-electron chi connectivity index (χ3n) is 3.07. The topological polar surface area (TPSA) is 57.7 Å². The normalized spacial score (nSPS) is 15.9. The summed E-state index contributed by atoms with van der Waals surface area (Å²) in [5.74, 6) is 1.28. The van der Waals surface area contributed by atoms with Gasteiger partial charge in [-0.05, 0) is 43.0 Å². The molecule has 5 nitrogen and oxygen atoms in total. The van der Waals surface area contributed by atoms with E-state index in [0.717, 1.165) is 18.8 Å². The second-order valence-corrected chi connectivity index (χ2v) is 4.70. The van der Waals surface area contributed by atoms with Gasteiger partial charge in [-0.15, -0.1) is 0 Å². The highest BCUT2D eigenvalue weighted by Gasteiger charge is 2.16. The molecule has 1 saturated heterocycles. The molecule has 1 fully saturated rings. The van der Waals surface area contributed by atoms with Crippen molar-refractivity contribution in [1.82, 2.24) is 19.9 Å². The monoisotopic (exact) mass is 263 g/mol. The Balaban J connectivity index is 1.95. The third-order valence-corrected chi connectivity index (χ3v) is 3.24. The number of aromatic amines is 1. The zero-order valence-electron chi connectivity index (χ0n) is 9.93. The van der Waals surface area contributed by atoms with Crippen molar-refractivity contribution in [2.24, 2.45) is 0 Å². The van der Waals surface area contributed by atoms with Crippen LogP contribution in [-0.2, 0) is 0 Å². The summed E-state index contributed by atoms with van der Waals surface area (Å²) in [5.41, 5.74) is 0.859. The highest BCUT2D eigenvalue weighted by molar-refractivity contribution is 6.28. The Morgan fingerprint density at radius 3 is 2.67 bits per heavy atom. The molecular weight excluding hydrogens is 250 g/mol. The minimum Gasteiger partial charge on any atom is -0.359 e. The summed E-state index contributed by atoms with van der Waals surface area (Å²) in [4.78, 5) is 18.1. The fourth-order valence-electron chi connectivity index (χ4n) is 2.16. The Bertz CT molecular complexity index is 519. The Labute approximate surface area is 110 Å². The molecular formula is C12H14ClN5. The second-order valence-electron chi connectivity index (χ2n) is 4.36. The van der Waals surface area contributed by atoms with E-state index in [-0.39, 0.29) is 5.28 Å². The van der Waals surface area contributed by atoms with E-state index < -0.39 is 0 Å². The zero-order valence-corrected chi connectivity index (χ0v) is 10.7. The summed E-state index contributed by atoms with van der Waals surface area (Å²) in [6, 6.07) is 3.83. The van der Waals surface area contributed by atoms with E-state index in [1.54, 1.807) is 0 Å². The molecule has 2 aromatic rings. The minimum absolute atomic E-state index is 0.246. The van der Waals surface area contributed by atoms with E-state index in [0.29, 0.717) is 11.8 Å². The maximum absolute atomic E-state index is 5.98. The summed E-state index contributed by atoms with van der Waals surface area (Å²) in [5, 5.41) is 0.246. The first-order valence-electron chi connectivity index (χ1n) is 6.13. The summed E-state index contributed by atoms with van der Waals surface area (Å²) in [6.07, 6.45) is 5.48. The number of hydrogen-bond donors (Lipinski definition) is 1. The number of H-pyrrole nitrogens is 1. The first kappa shape index (κ1) is 11.5. The summed E-state index contributed by atoms with van der Waals surface area (Å²) < 4.78 is 0. The lowest BCUT2D eigenvalue weighted by Crippen LogP contribution is -2.31. The number of aromatic nitrogens is 4. The smallest absolute Gasteiger partial charge is 0.230 e. The maximum atomic E-state index is 5.98. The van der Waals surface area contributed by atoms with Crippen molar-refractivity contribution in [2.45, 2.75) is 19.3 Å². The first-order chi connectivity index (χ1) is 8.83. The van der Waals surface area contributed by atoms with Crippen molar-refractivity contribution in [3.8, 4) is 11.5 Å². The fraction of sp³-hybridized carbons (Fsp3) is 0.417. The second kappa shape index (κ2) is 4.94. The predicted molar refractivity (Wildman–Crippen MR) is 70.7 cm³/mol. The molecule has 6 heteroatoms. The van der Waals surface area contributed by atoms with Crippen LogP contribution < -0.4 is 4.90 Å². The number of nitrogens with zero attached hydrogens (tertiary/aromatic N) is 4.